The third-order valence-corrected chi connectivity index (χ3v) is 7.45. The number of aromatic nitrogens is 1. The van der Waals surface area contributed by atoms with Crippen LogP contribution in [-0.2, 0) is 19.5 Å². The van der Waals surface area contributed by atoms with Crippen molar-refractivity contribution in [2.24, 2.45) is 11.8 Å². The normalized spacial score (nSPS) is 16.3. The summed E-state index contributed by atoms with van der Waals surface area (Å²) >= 11 is 0. The molecule has 0 bridgehead atoms. The van der Waals surface area contributed by atoms with E-state index in [0.717, 1.165) is 90.6 Å². The lowest BCUT2D eigenvalue weighted by Gasteiger charge is -2.32. The van der Waals surface area contributed by atoms with Gasteiger partial charge in [-0.1, -0.05) is 23.4 Å². The monoisotopic (exact) mass is 544 g/mol. The summed E-state index contributed by atoms with van der Waals surface area (Å²) in [5, 5.41) is 15.0. The molecule has 0 atom stereocenters. The topological polar surface area (TPSA) is 65.5 Å². The fraction of sp³-hybridized carbons (Fsp3) is 0.517. The average molecular weight is 546 g/mol. The van der Waals surface area contributed by atoms with Crippen LogP contribution in [0.4, 0.5) is 0 Å². The number of rotatable bonds is 10. The van der Waals surface area contributed by atoms with E-state index in [0.29, 0.717) is 5.92 Å². The molecule has 0 amide bonds. The predicted molar refractivity (Wildman–Crippen MR) is 152 cm³/mol. The molecule has 5 rings (SSSR count). The van der Waals surface area contributed by atoms with Crippen LogP contribution in [0.3, 0.4) is 0 Å². The van der Waals surface area contributed by atoms with Gasteiger partial charge in [-0.3, -0.25) is 4.90 Å². The molecule has 8 heteroatoms. The SMILES string of the molecule is CN(C)Cc1c(OCC2CC2)ccc2c(CCC3CCN(Cc4ccccc4C#N)CC3)noc12.Cl.Cl. The van der Waals surface area contributed by atoms with E-state index in [1.54, 1.807) is 0 Å². The summed E-state index contributed by atoms with van der Waals surface area (Å²) in [6.45, 7) is 4.61. The van der Waals surface area contributed by atoms with E-state index in [4.69, 9.17) is 9.26 Å². The number of hydrogen-bond acceptors (Lipinski definition) is 6. The van der Waals surface area contributed by atoms with E-state index in [2.05, 4.69) is 53.3 Å². The van der Waals surface area contributed by atoms with Crippen LogP contribution in [0.15, 0.2) is 40.9 Å². The van der Waals surface area contributed by atoms with Gasteiger partial charge < -0.3 is 14.2 Å². The quantitative estimate of drug-likeness (QED) is 0.301. The van der Waals surface area contributed by atoms with Gasteiger partial charge in [0.1, 0.15) is 5.75 Å². The fourth-order valence-corrected chi connectivity index (χ4v) is 5.15. The zero-order chi connectivity index (χ0) is 24.2. The van der Waals surface area contributed by atoms with Crippen LogP contribution in [-0.4, -0.2) is 48.7 Å². The summed E-state index contributed by atoms with van der Waals surface area (Å²) in [7, 11) is 4.15. The smallest absolute Gasteiger partial charge is 0.175 e. The summed E-state index contributed by atoms with van der Waals surface area (Å²) in [4.78, 5) is 4.64. The van der Waals surface area contributed by atoms with Crippen molar-refractivity contribution in [2.45, 2.75) is 51.6 Å². The molecule has 0 unspecified atom stereocenters. The Bertz CT molecular complexity index is 1190. The molecular formula is C29H38Cl2N4O2. The largest absolute Gasteiger partial charge is 0.493 e. The predicted octanol–water partition coefficient (Wildman–Crippen LogP) is 6.24. The first kappa shape index (κ1) is 29.3. The Kier molecular flexibility index (Phi) is 10.7. The van der Waals surface area contributed by atoms with Gasteiger partial charge in [-0.05, 0) is 101 Å². The summed E-state index contributed by atoms with van der Waals surface area (Å²) in [5.74, 6) is 2.36. The van der Waals surface area contributed by atoms with Gasteiger partial charge in [0.05, 0.1) is 29.5 Å². The number of aryl methyl sites for hydroxylation is 1. The van der Waals surface area contributed by atoms with Crippen LogP contribution >= 0.6 is 24.8 Å². The van der Waals surface area contributed by atoms with E-state index in [9.17, 15) is 5.26 Å². The van der Waals surface area contributed by atoms with Crippen LogP contribution < -0.4 is 4.74 Å². The molecule has 37 heavy (non-hydrogen) atoms. The van der Waals surface area contributed by atoms with Gasteiger partial charge in [-0.15, -0.1) is 24.8 Å². The van der Waals surface area contributed by atoms with E-state index in [1.807, 2.05) is 18.2 Å². The van der Waals surface area contributed by atoms with Crippen molar-refractivity contribution in [2.75, 3.05) is 33.8 Å². The molecular weight excluding hydrogens is 507 g/mol. The Morgan fingerprint density at radius 3 is 2.51 bits per heavy atom. The molecule has 3 aromatic rings. The molecule has 1 saturated heterocycles. The van der Waals surface area contributed by atoms with Gasteiger partial charge >= 0.3 is 0 Å². The van der Waals surface area contributed by atoms with Gasteiger partial charge in [0.25, 0.3) is 0 Å². The van der Waals surface area contributed by atoms with Crippen LogP contribution in [0.2, 0.25) is 0 Å². The van der Waals surface area contributed by atoms with Gasteiger partial charge in [-0.25, -0.2) is 0 Å². The average Bonchev–Trinajstić information content (AvgIpc) is 3.61. The fourth-order valence-electron chi connectivity index (χ4n) is 5.15. The molecule has 0 radical (unpaired) electrons. The van der Waals surface area contributed by atoms with Crippen LogP contribution in [0.5, 0.6) is 5.75 Å². The number of hydrogen-bond donors (Lipinski definition) is 0. The number of nitrogens with zero attached hydrogens (tertiary/aromatic N) is 4. The Balaban J connectivity index is 0.00000190. The summed E-state index contributed by atoms with van der Waals surface area (Å²) in [6.07, 6.45) is 7.02. The van der Waals surface area contributed by atoms with Crippen molar-refractivity contribution in [1.29, 1.82) is 5.26 Å². The number of fused-ring (bicyclic) bond motifs is 1. The lowest BCUT2D eigenvalue weighted by molar-refractivity contribution is 0.172. The van der Waals surface area contributed by atoms with Gasteiger partial charge in [0.15, 0.2) is 5.58 Å². The molecule has 1 aromatic heterocycles. The Morgan fingerprint density at radius 2 is 1.81 bits per heavy atom. The first-order chi connectivity index (χ1) is 17.1. The maximum Gasteiger partial charge on any atom is 0.175 e. The number of ether oxygens (including phenoxy) is 1. The standard InChI is InChI=1S/C29H36N4O2.2ClH/c1-32(2)19-26-28(34-20-22-7-8-22)12-10-25-27(31-35-29(25)26)11-9-21-13-15-33(16-14-21)18-24-6-4-3-5-23(24)17-30;;/h3-6,10,12,21-22H,7-9,11,13-16,18-20H2,1-2H3;2*1H. The minimum Gasteiger partial charge on any atom is -0.493 e. The second kappa shape index (κ2) is 13.5. The number of likely N-dealkylation sites (tertiary alicyclic amines) is 1. The van der Waals surface area contributed by atoms with Crippen molar-refractivity contribution in [1.82, 2.24) is 15.0 Å². The summed E-state index contributed by atoms with van der Waals surface area (Å²) in [5.41, 5.74) is 4.99. The van der Waals surface area contributed by atoms with Crippen molar-refractivity contribution in [3.8, 4) is 11.8 Å². The second-order valence-electron chi connectivity index (χ2n) is 10.6. The van der Waals surface area contributed by atoms with Gasteiger partial charge in [0, 0.05) is 18.5 Å². The zero-order valence-corrected chi connectivity index (χ0v) is 23.5. The van der Waals surface area contributed by atoms with E-state index in [1.165, 1.54) is 25.7 Å². The molecule has 1 saturated carbocycles. The van der Waals surface area contributed by atoms with Crippen LogP contribution in [0.25, 0.3) is 11.0 Å². The van der Waals surface area contributed by atoms with Crippen molar-refractivity contribution in [3.63, 3.8) is 0 Å². The third kappa shape index (κ3) is 7.39. The first-order valence-electron chi connectivity index (χ1n) is 13.0. The van der Waals surface area contributed by atoms with E-state index >= 15 is 0 Å². The summed E-state index contributed by atoms with van der Waals surface area (Å²) in [6, 6.07) is 14.5. The molecule has 200 valence electrons. The molecule has 0 N–H and O–H groups in total. The van der Waals surface area contributed by atoms with Crippen molar-refractivity contribution < 1.29 is 9.26 Å². The van der Waals surface area contributed by atoms with Crippen molar-refractivity contribution in [3.05, 3.63) is 58.8 Å². The number of nitriles is 1. The second-order valence-corrected chi connectivity index (χ2v) is 10.6. The minimum atomic E-state index is 0. The summed E-state index contributed by atoms with van der Waals surface area (Å²) < 4.78 is 12.1. The molecule has 1 aliphatic heterocycles. The molecule has 2 aliphatic rings. The highest BCUT2D eigenvalue weighted by molar-refractivity contribution is 5.86. The van der Waals surface area contributed by atoms with Crippen molar-refractivity contribution >= 4 is 35.8 Å². The highest BCUT2D eigenvalue weighted by atomic mass is 35.5. The molecule has 2 fully saturated rings. The maximum atomic E-state index is 9.36. The van der Waals surface area contributed by atoms with Crippen LogP contribution in [0, 0.1) is 23.2 Å². The first-order valence-corrected chi connectivity index (χ1v) is 13.0. The Hall–Kier alpha value is -2.30. The highest BCUT2D eigenvalue weighted by Crippen LogP contribution is 2.35. The van der Waals surface area contributed by atoms with Gasteiger partial charge in [0.2, 0.25) is 0 Å². The molecule has 2 aromatic carbocycles. The van der Waals surface area contributed by atoms with E-state index < -0.39 is 0 Å². The van der Waals surface area contributed by atoms with Gasteiger partial charge in [-0.2, -0.15) is 5.26 Å². The molecule has 1 aliphatic carbocycles. The highest BCUT2D eigenvalue weighted by Gasteiger charge is 2.25. The lowest BCUT2D eigenvalue weighted by Crippen LogP contribution is -2.33. The molecule has 6 nitrogen and oxygen atoms in total. The Morgan fingerprint density at radius 1 is 1.05 bits per heavy atom. The Labute approximate surface area is 232 Å². The van der Waals surface area contributed by atoms with Crippen LogP contribution in [0.1, 0.15) is 54.5 Å². The number of halogens is 2. The minimum absolute atomic E-state index is 0. The lowest BCUT2D eigenvalue weighted by atomic mass is 9.90. The number of piperidine rings is 1. The van der Waals surface area contributed by atoms with E-state index in [-0.39, 0.29) is 24.8 Å². The molecule has 0 spiro atoms. The third-order valence-electron chi connectivity index (χ3n) is 7.45. The molecule has 2 heterocycles. The number of benzene rings is 2. The zero-order valence-electron chi connectivity index (χ0n) is 21.8. The maximum absolute atomic E-state index is 9.36.